The van der Waals surface area contributed by atoms with Crippen LogP contribution in [0, 0.1) is 0 Å². The molecular formula is C56H104O5. The molecule has 1 atom stereocenters. The van der Waals surface area contributed by atoms with E-state index in [4.69, 9.17) is 9.47 Å². The Morgan fingerprint density at radius 2 is 0.705 bits per heavy atom. The van der Waals surface area contributed by atoms with Crippen molar-refractivity contribution < 1.29 is 24.2 Å². The number of esters is 2. The first-order valence-electron chi connectivity index (χ1n) is 27.0. The van der Waals surface area contributed by atoms with Gasteiger partial charge in [0.2, 0.25) is 0 Å². The maximum Gasteiger partial charge on any atom is 0.306 e. The van der Waals surface area contributed by atoms with Gasteiger partial charge in [0.05, 0.1) is 6.61 Å². The van der Waals surface area contributed by atoms with Gasteiger partial charge >= 0.3 is 11.9 Å². The van der Waals surface area contributed by atoms with Crippen LogP contribution in [0.1, 0.15) is 290 Å². The molecule has 5 heteroatoms. The number of aliphatic hydroxyl groups is 1. The van der Waals surface area contributed by atoms with Crippen molar-refractivity contribution in [1.82, 2.24) is 0 Å². The molecule has 0 saturated heterocycles. The molecule has 0 aliphatic heterocycles. The highest BCUT2D eigenvalue weighted by molar-refractivity contribution is 5.70. The van der Waals surface area contributed by atoms with Gasteiger partial charge in [0.15, 0.2) is 6.10 Å². The second-order valence-corrected chi connectivity index (χ2v) is 18.3. The first-order chi connectivity index (χ1) is 30.1. The van der Waals surface area contributed by atoms with Crippen molar-refractivity contribution in [2.75, 3.05) is 13.2 Å². The number of unbranched alkanes of at least 4 members (excludes halogenated alkanes) is 36. The van der Waals surface area contributed by atoms with Crippen LogP contribution in [0.2, 0.25) is 0 Å². The van der Waals surface area contributed by atoms with E-state index in [1.807, 2.05) is 0 Å². The van der Waals surface area contributed by atoms with Crippen molar-refractivity contribution in [2.24, 2.45) is 0 Å². The summed E-state index contributed by atoms with van der Waals surface area (Å²) in [7, 11) is 0. The lowest BCUT2D eigenvalue weighted by Crippen LogP contribution is -2.28. The van der Waals surface area contributed by atoms with Gasteiger partial charge < -0.3 is 14.6 Å². The van der Waals surface area contributed by atoms with Crippen molar-refractivity contribution >= 4 is 11.9 Å². The summed E-state index contributed by atoms with van der Waals surface area (Å²) >= 11 is 0. The lowest BCUT2D eigenvalue weighted by molar-refractivity contribution is -0.161. The quantitative estimate of drug-likeness (QED) is 0.0375. The Labute approximate surface area is 380 Å². The van der Waals surface area contributed by atoms with Crippen molar-refractivity contribution in [2.45, 2.75) is 296 Å². The Bertz CT molecular complexity index is 970. The first-order valence-corrected chi connectivity index (χ1v) is 27.0. The minimum Gasteiger partial charge on any atom is -0.462 e. The van der Waals surface area contributed by atoms with Gasteiger partial charge in [-0.25, -0.2) is 0 Å². The smallest absolute Gasteiger partial charge is 0.306 e. The molecule has 0 amide bonds. The summed E-state index contributed by atoms with van der Waals surface area (Å²) in [4.78, 5) is 24.4. The fraction of sp³-hybridized carbons (Fsp3) is 0.857. The molecule has 1 unspecified atom stereocenters. The van der Waals surface area contributed by atoms with Gasteiger partial charge in [-0.15, -0.1) is 0 Å². The molecule has 0 bridgehead atoms. The number of hydrogen-bond acceptors (Lipinski definition) is 5. The van der Waals surface area contributed by atoms with Crippen LogP contribution in [-0.2, 0) is 19.1 Å². The van der Waals surface area contributed by atoms with Crippen LogP contribution in [-0.4, -0.2) is 36.4 Å². The van der Waals surface area contributed by atoms with Gasteiger partial charge in [-0.05, 0) is 44.9 Å². The molecule has 0 aromatic rings. The molecular weight excluding hydrogens is 753 g/mol. The molecule has 0 saturated carbocycles. The number of aliphatic hydroxyl groups excluding tert-OH is 1. The van der Waals surface area contributed by atoms with Gasteiger partial charge in [-0.1, -0.05) is 269 Å². The van der Waals surface area contributed by atoms with Crippen LogP contribution in [0.25, 0.3) is 0 Å². The SMILES string of the molecule is CC/C=C\C/C=C\C/C=C\CCCCCC(=O)OC(CO)COC(=O)CCCCCCCCCCCCCCCCCCCCCCCCCCCCCCCCCCCC. The zero-order chi connectivity index (χ0) is 44.2. The number of carbonyl (C=O) groups excluding carboxylic acids is 2. The Morgan fingerprint density at radius 1 is 0.393 bits per heavy atom. The fourth-order valence-electron chi connectivity index (χ4n) is 8.16. The van der Waals surface area contributed by atoms with Gasteiger partial charge in [0, 0.05) is 12.8 Å². The average Bonchev–Trinajstić information content (AvgIpc) is 3.26. The Morgan fingerprint density at radius 3 is 1.07 bits per heavy atom. The van der Waals surface area contributed by atoms with Gasteiger partial charge in [0.1, 0.15) is 6.61 Å². The third-order valence-corrected chi connectivity index (χ3v) is 12.2. The molecule has 0 aliphatic rings. The highest BCUT2D eigenvalue weighted by atomic mass is 16.6. The lowest BCUT2D eigenvalue weighted by Gasteiger charge is -2.15. The van der Waals surface area contributed by atoms with Crippen LogP contribution in [0.4, 0.5) is 0 Å². The molecule has 5 nitrogen and oxygen atoms in total. The molecule has 61 heavy (non-hydrogen) atoms. The van der Waals surface area contributed by atoms with Crippen LogP contribution in [0.3, 0.4) is 0 Å². The molecule has 0 aliphatic carbocycles. The first kappa shape index (κ1) is 59.1. The van der Waals surface area contributed by atoms with Crippen molar-refractivity contribution in [3.05, 3.63) is 36.5 Å². The Kier molecular flexibility index (Phi) is 50.8. The van der Waals surface area contributed by atoms with Crippen LogP contribution in [0.15, 0.2) is 36.5 Å². The highest BCUT2D eigenvalue weighted by Gasteiger charge is 2.16. The summed E-state index contributed by atoms with van der Waals surface area (Å²) in [6.45, 7) is 4.03. The monoisotopic (exact) mass is 857 g/mol. The summed E-state index contributed by atoms with van der Waals surface area (Å²) in [6.07, 6.45) is 67.2. The molecule has 0 fully saturated rings. The van der Waals surface area contributed by atoms with Gasteiger partial charge in [0.25, 0.3) is 0 Å². The standard InChI is InChI=1S/C56H104O5/c1-3-5-7-9-11-13-15-17-18-19-20-21-22-23-24-25-26-27-28-29-30-31-32-33-34-35-36-37-39-40-42-44-46-48-50-55(58)60-53-54(52-57)61-56(59)51-49-47-45-43-41-38-16-14-12-10-8-6-4-2/h6,8,12,14,38,41,54,57H,3-5,7,9-11,13,15-37,39-40,42-53H2,1-2H3/b8-6-,14-12-,41-38-. The highest BCUT2D eigenvalue weighted by Crippen LogP contribution is 2.17. The average molecular weight is 857 g/mol. The summed E-state index contributed by atoms with van der Waals surface area (Å²) < 4.78 is 10.6. The van der Waals surface area contributed by atoms with Crippen molar-refractivity contribution in [3.63, 3.8) is 0 Å². The summed E-state index contributed by atoms with van der Waals surface area (Å²) in [6, 6.07) is 0. The van der Waals surface area contributed by atoms with E-state index in [9.17, 15) is 14.7 Å². The summed E-state index contributed by atoms with van der Waals surface area (Å²) in [5.41, 5.74) is 0. The van der Waals surface area contributed by atoms with Crippen molar-refractivity contribution in [3.8, 4) is 0 Å². The largest absolute Gasteiger partial charge is 0.462 e. The Balaban J connectivity index is 3.37. The molecule has 0 heterocycles. The lowest BCUT2D eigenvalue weighted by atomic mass is 10.0. The van der Waals surface area contributed by atoms with E-state index >= 15 is 0 Å². The van der Waals surface area contributed by atoms with E-state index in [2.05, 4.69) is 50.3 Å². The van der Waals surface area contributed by atoms with Gasteiger partial charge in [-0.2, -0.15) is 0 Å². The zero-order valence-corrected chi connectivity index (χ0v) is 40.9. The zero-order valence-electron chi connectivity index (χ0n) is 40.9. The maximum atomic E-state index is 12.2. The van der Waals surface area contributed by atoms with E-state index in [1.165, 1.54) is 199 Å². The van der Waals surface area contributed by atoms with Crippen LogP contribution >= 0.6 is 0 Å². The maximum absolute atomic E-state index is 12.2. The normalized spacial score (nSPS) is 12.4. The Hall–Kier alpha value is -1.88. The third kappa shape index (κ3) is 50.6. The number of allylic oxidation sites excluding steroid dienone is 6. The van der Waals surface area contributed by atoms with Gasteiger partial charge in [-0.3, -0.25) is 9.59 Å². The third-order valence-electron chi connectivity index (χ3n) is 12.2. The topological polar surface area (TPSA) is 72.8 Å². The molecule has 358 valence electrons. The van der Waals surface area contributed by atoms with Crippen LogP contribution < -0.4 is 0 Å². The van der Waals surface area contributed by atoms with E-state index in [0.29, 0.717) is 12.8 Å². The fourth-order valence-corrected chi connectivity index (χ4v) is 8.16. The van der Waals surface area contributed by atoms with E-state index < -0.39 is 6.10 Å². The van der Waals surface area contributed by atoms with E-state index in [1.54, 1.807) is 0 Å². The summed E-state index contributed by atoms with van der Waals surface area (Å²) in [5.74, 6) is -0.614. The minimum absolute atomic E-state index is 0.0745. The molecule has 0 aromatic heterocycles. The number of rotatable bonds is 50. The molecule has 0 rings (SSSR count). The van der Waals surface area contributed by atoms with Crippen LogP contribution in [0.5, 0.6) is 0 Å². The predicted octanol–water partition coefficient (Wildman–Crippen LogP) is 17.9. The molecule has 0 radical (unpaired) electrons. The minimum atomic E-state index is -0.784. The molecule has 0 spiro atoms. The second kappa shape index (κ2) is 52.5. The van der Waals surface area contributed by atoms with E-state index in [0.717, 1.165) is 64.2 Å². The molecule has 1 N–H and O–H groups in total. The van der Waals surface area contributed by atoms with E-state index in [-0.39, 0.29) is 25.2 Å². The second-order valence-electron chi connectivity index (χ2n) is 18.3. The molecule has 0 aromatic carbocycles. The number of carbonyl (C=O) groups is 2. The number of hydrogen-bond donors (Lipinski definition) is 1. The predicted molar refractivity (Wildman–Crippen MR) is 265 cm³/mol. The van der Waals surface area contributed by atoms with Crippen molar-refractivity contribution in [1.29, 1.82) is 0 Å². The number of ether oxygens (including phenoxy) is 2. The summed E-state index contributed by atoms with van der Waals surface area (Å²) in [5, 5.41) is 9.59.